The molecule has 0 aliphatic carbocycles. The predicted octanol–water partition coefficient (Wildman–Crippen LogP) is 2.51. The molecule has 0 saturated heterocycles. The Morgan fingerprint density at radius 1 is 1.19 bits per heavy atom. The van der Waals surface area contributed by atoms with Crippen molar-refractivity contribution in [1.82, 2.24) is 14.8 Å². The van der Waals surface area contributed by atoms with Crippen LogP contribution < -0.4 is 10.9 Å². The fourth-order valence-electron chi connectivity index (χ4n) is 3.06. The van der Waals surface area contributed by atoms with Gasteiger partial charge in [0.2, 0.25) is 15.9 Å². The number of sulfonamides is 1. The predicted molar refractivity (Wildman–Crippen MR) is 105 cm³/mol. The molecule has 0 saturated carbocycles. The second kappa shape index (κ2) is 7.94. The largest absolute Gasteiger partial charge is 0.453 e. The number of hydrogen-bond acceptors (Lipinski definition) is 5. The Morgan fingerprint density at radius 2 is 1.84 bits per heavy atom. The fraction of sp³-hybridized carbons (Fsp3) is 0.167. The van der Waals surface area contributed by atoms with E-state index >= 15 is 0 Å². The Kier molecular flexibility index (Phi) is 5.82. The van der Waals surface area contributed by atoms with Gasteiger partial charge < -0.3 is 5.73 Å². The molecular formula is C18H15ClF3N5O3S. The second-order valence-electron chi connectivity index (χ2n) is 6.52. The molecule has 1 heterocycles. The maximum Gasteiger partial charge on any atom is 0.453 e. The molecule has 3 rings (SSSR count). The number of nitrogens with two attached hydrogens (primary N) is 2. The summed E-state index contributed by atoms with van der Waals surface area (Å²) in [6.45, 7) is 1.22. The average Bonchev–Trinajstić information content (AvgIpc) is 3.04. The molecule has 1 unspecified atom stereocenters. The lowest BCUT2D eigenvalue weighted by atomic mass is 9.90. The summed E-state index contributed by atoms with van der Waals surface area (Å²) in [7, 11) is -4.45. The van der Waals surface area contributed by atoms with E-state index in [4.69, 9.17) is 22.5 Å². The summed E-state index contributed by atoms with van der Waals surface area (Å²) in [5.41, 5.74) is 5.70. The van der Waals surface area contributed by atoms with Crippen molar-refractivity contribution >= 4 is 27.5 Å². The van der Waals surface area contributed by atoms with Gasteiger partial charge in [0.1, 0.15) is 10.7 Å². The van der Waals surface area contributed by atoms with Crippen molar-refractivity contribution in [2.45, 2.75) is 23.9 Å². The highest BCUT2D eigenvalue weighted by Gasteiger charge is 2.37. The minimum absolute atomic E-state index is 0.127. The maximum atomic E-state index is 13.0. The molecule has 1 atom stereocenters. The number of benzene rings is 2. The number of primary amides is 1. The molecule has 1 amide bonds. The number of carbonyl (C=O) groups excluding carboxylic acids is 1. The molecule has 0 spiro atoms. The lowest BCUT2D eigenvalue weighted by Gasteiger charge is -2.18. The number of rotatable bonds is 5. The van der Waals surface area contributed by atoms with Gasteiger partial charge in [-0.25, -0.2) is 23.2 Å². The lowest BCUT2D eigenvalue weighted by molar-refractivity contribution is -0.144. The zero-order valence-electron chi connectivity index (χ0n) is 15.8. The third kappa shape index (κ3) is 4.55. The number of aryl methyl sites for hydroxylation is 1. The summed E-state index contributed by atoms with van der Waals surface area (Å²) in [4.78, 5) is 14.9. The SMILES string of the molecule is Cc1nc(C(F)(F)F)nn1-c1ccc(C(C(N)=O)c2ccccc2Cl)cc1S(N)(=O)=O. The highest BCUT2D eigenvalue weighted by atomic mass is 35.5. The highest BCUT2D eigenvalue weighted by molar-refractivity contribution is 7.89. The molecule has 0 bridgehead atoms. The number of aromatic nitrogens is 3. The van der Waals surface area contributed by atoms with E-state index in [9.17, 15) is 26.4 Å². The third-order valence-electron chi connectivity index (χ3n) is 4.38. The van der Waals surface area contributed by atoms with Crippen LogP contribution >= 0.6 is 11.6 Å². The van der Waals surface area contributed by atoms with Crippen LogP contribution in [0.25, 0.3) is 5.69 Å². The number of amides is 1. The molecule has 0 aliphatic heterocycles. The van der Waals surface area contributed by atoms with E-state index in [0.717, 1.165) is 6.07 Å². The normalized spacial score (nSPS) is 13.2. The van der Waals surface area contributed by atoms with Crippen LogP contribution in [0.5, 0.6) is 0 Å². The van der Waals surface area contributed by atoms with Gasteiger partial charge in [-0.15, -0.1) is 5.10 Å². The molecule has 0 fully saturated rings. The molecular weight excluding hydrogens is 459 g/mol. The van der Waals surface area contributed by atoms with Crippen LogP contribution in [0.4, 0.5) is 13.2 Å². The van der Waals surface area contributed by atoms with Gasteiger partial charge in [-0.3, -0.25) is 4.79 Å². The second-order valence-corrected chi connectivity index (χ2v) is 8.46. The Labute approximate surface area is 179 Å². The van der Waals surface area contributed by atoms with Gasteiger partial charge in [0.05, 0.1) is 11.6 Å². The number of primary sulfonamides is 1. The van der Waals surface area contributed by atoms with E-state index in [1.807, 2.05) is 0 Å². The van der Waals surface area contributed by atoms with Crippen molar-refractivity contribution in [2.24, 2.45) is 10.9 Å². The lowest BCUT2D eigenvalue weighted by Crippen LogP contribution is -2.24. The highest BCUT2D eigenvalue weighted by Crippen LogP contribution is 2.33. The molecule has 2 aromatic carbocycles. The van der Waals surface area contributed by atoms with Gasteiger partial charge >= 0.3 is 6.18 Å². The topological polar surface area (TPSA) is 134 Å². The summed E-state index contributed by atoms with van der Waals surface area (Å²) < 4.78 is 64.1. The molecule has 3 aromatic rings. The summed E-state index contributed by atoms with van der Waals surface area (Å²) >= 11 is 6.16. The first-order chi connectivity index (χ1) is 14.3. The number of halogens is 4. The monoisotopic (exact) mass is 473 g/mol. The fourth-order valence-corrected chi connectivity index (χ4v) is 4.05. The molecule has 4 N–H and O–H groups in total. The average molecular weight is 474 g/mol. The van der Waals surface area contributed by atoms with Crippen LogP contribution in [0.3, 0.4) is 0 Å². The van der Waals surface area contributed by atoms with Crippen LogP contribution in [0.15, 0.2) is 47.4 Å². The van der Waals surface area contributed by atoms with Gasteiger partial charge in [0.15, 0.2) is 0 Å². The molecule has 0 aliphatic rings. The van der Waals surface area contributed by atoms with Crippen molar-refractivity contribution in [3.63, 3.8) is 0 Å². The first-order valence-electron chi connectivity index (χ1n) is 8.52. The van der Waals surface area contributed by atoms with Gasteiger partial charge in [-0.2, -0.15) is 13.2 Å². The van der Waals surface area contributed by atoms with Crippen molar-refractivity contribution < 1.29 is 26.4 Å². The van der Waals surface area contributed by atoms with E-state index in [2.05, 4.69) is 10.1 Å². The summed E-state index contributed by atoms with van der Waals surface area (Å²) in [5.74, 6) is -3.62. The molecule has 31 heavy (non-hydrogen) atoms. The van der Waals surface area contributed by atoms with Crippen molar-refractivity contribution in [2.75, 3.05) is 0 Å². The maximum absolute atomic E-state index is 13.0. The van der Waals surface area contributed by atoms with Crippen molar-refractivity contribution in [3.05, 3.63) is 70.3 Å². The third-order valence-corrected chi connectivity index (χ3v) is 5.66. The molecule has 13 heteroatoms. The van der Waals surface area contributed by atoms with Crippen molar-refractivity contribution in [3.8, 4) is 5.69 Å². The zero-order valence-corrected chi connectivity index (χ0v) is 17.3. The van der Waals surface area contributed by atoms with E-state index in [1.54, 1.807) is 18.2 Å². The van der Waals surface area contributed by atoms with E-state index in [0.29, 0.717) is 10.2 Å². The standard InChI is InChI=1S/C18H15ClF3N5O3S/c1-9-25-17(18(20,21)22)26-27(9)13-7-6-10(8-14(13)31(24,29)30)15(16(23)28)11-4-2-3-5-12(11)19/h2-8,15H,1H3,(H2,23,28)(H2,24,29,30). The van der Waals surface area contributed by atoms with Gasteiger partial charge in [-0.05, 0) is 36.2 Å². The smallest absolute Gasteiger partial charge is 0.369 e. The first-order valence-corrected chi connectivity index (χ1v) is 10.4. The van der Waals surface area contributed by atoms with E-state index in [1.165, 1.54) is 25.1 Å². The number of alkyl halides is 3. The Hall–Kier alpha value is -2.96. The number of hydrogen-bond donors (Lipinski definition) is 2. The molecule has 1 aromatic heterocycles. The number of carbonyl (C=O) groups is 1. The molecule has 8 nitrogen and oxygen atoms in total. The van der Waals surface area contributed by atoms with Gasteiger partial charge in [0.25, 0.3) is 5.82 Å². The number of nitrogens with zero attached hydrogens (tertiary/aromatic N) is 3. The van der Waals surface area contributed by atoms with Crippen LogP contribution in [0.1, 0.15) is 28.7 Å². The van der Waals surface area contributed by atoms with Crippen molar-refractivity contribution in [1.29, 1.82) is 0 Å². The van der Waals surface area contributed by atoms with Crippen LogP contribution in [-0.4, -0.2) is 29.1 Å². The van der Waals surface area contributed by atoms with E-state index in [-0.39, 0.29) is 22.1 Å². The summed E-state index contributed by atoms with van der Waals surface area (Å²) in [6.07, 6.45) is -4.83. The summed E-state index contributed by atoms with van der Waals surface area (Å²) in [5, 5.41) is 8.87. The van der Waals surface area contributed by atoms with Gasteiger partial charge in [0, 0.05) is 5.02 Å². The van der Waals surface area contributed by atoms with E-state index < -0.39 is 38.7 Å². The Morgan fingerprint density at radius 3 is 2.35 bits per heavy atom. The Balaban J connectivity index is 2.24. The van der Waals surface area contributed by atoms with Crippen LogP contribution in [0, 0.1) is 6.92 Å². The first kappa shape index (κ1) is 22.7. The quantitative estimate of drug-likeness (QED) is 0.587. The summed E-state index contributed by atoms with van der Waals surface area (Å²) in [6, 6.07) is 9.87. The Bertz CT molecular complexity index is 1270. The van der Waals surface area contributed by atoms with Crippen LogP contribution in [0.2, 0.25) is 5.02 Å². The zero-order chi connectivity index (χ0) is 23.1. The minimum atomic E-state index is -4.83. The van der Waals surface area contributed by atoms with Gasteiger partial charge in [-0.1, -0.05) is 35.9 Å². The molecule has 164 valence electrons. The van der Waals surface area contributed by atoms with Crippen LogP contribution in [-0.2, 0) is 21.0 Å². The molecule has 0 radical (unpaired) electrons. The minimum Gasteiger partial charge on any atom is -0.369 e.